The molecule has 0 spiro atoms. The van der Waals surface area contributed by atoms with Crippen LogP contribution in [-0.2, 0) is 17.6 Å². The lowest BCUT2D eigenvalue weighted by atomic mass is 9.88. The summed E-state index contributed by atoms with van der Waals surface area (Å²) in [6, 6.07) is -1.36. The summed E-state index contributed by atoms with van der Waals surface area (Å²) in [4.78, 5) is 30.7. The largest absolute Gasteiger partial charge is 0.462 e. The number of nitrogens with one attached hydrogen (secondary N) is 2. The second kappa shape index (κ2) is 8.52. The van der Waals surface area contributed by atoms with E-state index in [0.717, 1.165) is 34.4 Å². The van der Waals surface area contributed by atoms with Gasteiger partial charge in [-0.1, -0.05) is 6.92 Å². The fourth-order valence-corrected chi connectivity index (χ4v) is 5.51. The molecule has 168 valence electrons. The molecule has 0 fully saturated rings. The molecule has 2 aromatic rings. The molecule has 2 aromatic heterocycles. The normalized spacial score (nSPS) is 22.5. The number of esters is 1. The van der Waals surface area contributed by atoms with Gasteiger partial charge >= 0.3 is 5.97 Å². The Kier molecular flexibility index (Phi) is 5.96. The van der Waals surface area contributed by atoms with E-state index < -0.39 is 24.3 Å². The highest BCUT2D eigenvalue weighted by atomic mass is 32.1. The van der Waals surface area contributed by atoms with Gasteiger partial charge in [-0.25, -0.2) is 18.3 Å². The number of aromatic nitrogens is 3. The van der Waals surface area contributed by atoms with Crippen LogP contribution in [0, 0.1) is 5.92 Å². The number of hydrogen-bond acceptors (Lipinski definition) is 7. The first-order valence-electron chi connectivity index (χ1n) is 10.4. The van der Waals surface area contributed by atoms with Gasteiger partial charge in [0.05, 0.1) is 12.2 Å². The summed E-state index contributed by atoms with van der Waals surface area (Å²) in [7, 11) is 0. The van der Waals surface area contributed by atoms with Crippen molar-refractivity contribution in [2.75, 3.05) is 17.2 Å². The average molecular weight is 454 g/mol. The third kappa shape index (κ3) is 4.15. The zero-order chi connectivity index (χ0) is 22.3. The molecule has 31 heavy (non-hydrogen) atoms. The molecule has 1 aliphatic carbocycles. The molecule has 11 heteroatoms. The van der Waals surface area contributed by atoms with Crippen molar-refractivity contribution in [3.05, 3.63) is 21.8 Å². The Hall–Kier alpha value is -2.56. The van der Waals surface area contributed by atoms with Gasteiger partial charge in [-0.3, -0.25) is 4.79 Å². The Balaban J connectivity index is 1.64. The molecule has 2 N–H and O–H groups in total. The first-order valence-corrected chi connectivity index (χ1v) is 11.2. The molecule has 1 aliphatic heterocycles. The highest BCUT2D eigenvalue weighted by molar-refractivity contribution is 7.17. The van der Waals surface area contributed by atoms with Crippen molar-refractivity contribution in [3.8, 4) is 0 Å². The molecular weight excluding hydrogens is 428 g/mol. The Morgan fingerprint density at radius 3 is 2.87 bits per heavy atom. The Morgan fingerprint density at radius 1 is 1.39 bits per heavy atom. The monoisotopic (exact) mass is 453 g/mol. The topological polar surface area (TPSA) is 98.1 Å². The number of carbonyl (C=O) groups is 2. The molecule has 0 saturated heterocycles. The summed E-state index contributed by atoms with van der Waals surface area (Å²) in [5, 5.41) is 10.1. The number of carbonyl (C=O) groups excluding carboxylic acids is 2. The van der Waals surface area contributed by atoms with Gasteiger partial charge in [0.25, 0.3) is 12.3 Å². The lowest BCUT2D eigenvalue weighted by Crippen LogP contribution is -2.33. The summed E-state index contributed by atoms with van der Waals surface area (Å²) in [6.45, 7) is 5.87. The number of nitrogens with zero attached hydrogens (tertiary/aromatic N) is 3. The van der Waals surface area contributed by atoms with Gasteiger partial charge in [-0.15, -0.1) is 16.4 Å². The minimum Gasteiger partial charge on any atom is -0.462 e. The molecule has 4 rings (SSSR count). The SMILES string of the molecule is CCOC(=O)c1c(NC(=O)c2nc3n(n2)[C@@H](C(F)F)C[C@@H](C)N3)sc2c1CCC(C)C2. The molecule has 0 radical (unpaired) electrons. The number of amides is 1. The zero-order valence-electron chi connectivity index (χ0n) is 17.6. The summed E-state index contributed by atoms with van der Waals surface area (Å²) in [5.74, 6) is -0.724. The van der Waals surface area contributed by atoms with Gasteiger partial charge in [0.15, 0.2) is 0 Å². The lowest BCUT2D eigenvalue weighted by molar-refractivity contribution is 0.0526. The molecule has 8 nitrogen and oxygen atoms in total. The number of fused-ring (bicyclic) bond motifs is 2. The number of anilines is 2. The van der Waals surface area contributed by atoms with E-state index in [1.807, 2.05) is 0 Å². The smallest absolute Gasteiger partial charge is 0.341 e. The first kappa shape index (κ1) is 21.7. The molecule has 0 bridgehead atoms. The number of alkyl halides is 2. The fraction of sp³-hybridized carbons (Fsp3) is 0.600. The van der Waals surface area contributed by atoms with E-state index in [2.05, 4.69) is 27.6 Å². The molecule has 3 atom stereocenters. The quantitative estimate of drug-likeness (QED) is 0.667. The highest BCUT2D eigenvalue weighted by Crippen LogP contribution is 2.40. The van der Waals surface area contributed by atoms with Crippen LogP contribution in [0.1, 0.15) is 71.1 Å². The molecule has 0 saturated carbocycles. The minimum atomic E-state index is -2.62. The van der Waals surface area contributed by atoms with Crippen LogP contribution in [0.4, 0.5) is 19.7 Å². The summed E-state index contributed by atoms with van der Waals surface area (Å²) in [6.07, 6.45) is 0.0842. The van der Waals surface area contributed by atoms with Crippen molar-refractivity contribution in [1.82, 2.24) is 14.8 Å². The Bertz CT molecular complexity index is 1010. The molecular formula is C20H25F2N5O3S. The maximum atomic E-state index is 13.4. The van der Waals surface area contributed by atoms with Crippen molar-refractivity contribution in [3.63, 3.8) is 0 Å². The van der Waals surface area contributed by atoms with E-state index in [1.165, 1.54) is 11.3 Å². The lowest BCUT2D eigenvalue weighted by Gasteiger charge is -2.28. The zero-order valence-corrected chi connectivity index (χ0v) is 18.4. The van der Waals surface area contributed by atoms with Gasteiger partial charge in [0.1, 0.15) is 11.0 Å². The third-order valence-corrected chi connectivity index (χ3v) is 6.80. The minimum absolute atomic E-state index is 0.138. The summed E-state index contributed by atoms with van der Waals surface area (Å²) in [5.41, 5.74) is 1.30. The van der Waals surface area contributed by atoms with Gasteiger partial charge in [0, 0.05) is 10.9 Å². The van der Waals surface area contributed by atoms with Crippen LogP contribution in [0.15, 0.2) is 0 Å². The van der Waals surface area contributed by atoms with Crippen LogP contribution in [0.5, 0.6) is 0 Å². The predicted molar refractivity (Wildman–Crippen MR) is 112 cm³/mol. The number of halogens is 2. The van der Waals surface area contributed by atoms with Crippen molar-refractivity contribution in [2.24, 2.45) is 5.92 Å². The summed E-state index contributed by atoms with van der Waals surface area (Å²) < 4.78 is 33.2. The van der Waals surface area contributed by atoms with Crippen LogP contribution in [-0.4, -0.2) is 45.7 Å². The second-order valence-corrected chi connectivity index (χ2v) is 9.22. The number of rotatable bonds is 5. The first-order chi connectivity index (χ1) is 14.8. The average Bonchev–Trinajstić information content (AvgIpc) is 3.27. The van der Waals surface area contributed by atoms with Gasteiger partial charge in [0.2, 0.25) is 11.8 Å². The number of ether oxygens (including phenoxy) is 1. The molecule has 1 amide bonds. The second-order valence-electron chi connectivity index (χ2n) is 8.12. The van der Waals surface area contributed by atoms with E-state index in [-0.39, 0.29) is 30.8 Å². The van der Waals surface area contributed by atoms with E-state index in [1.54, 1.807) is 13.8 Å². The molecule has 2 aliphatic rings. The third-order valence-electron chi connectivity index (χ3n) is 5.63. The van der Waals surface area contributed by atoms with Crippen LogP contribution in [0.3, 0.4) is 0 Å². The van der Waals surface area contributed by atoms with E-state index in [0.29, 0.717) is 16.5 Å². The molecule has 0 aromatic carbocycles. The van der Waals surface area contributed by atoms with Crippen molar-refractivity contribution < 1.29 is 23.1 Å². The van der Waals surface area contributed by atoms with Crippen molar-refractivity contribution in [2.45, 2.75) is 65.0 Å². The standard InChI is InChI=1S/C20H25F2N5O3S/c1-4-30-19(29)14-11-6-5-9(2)7-13(11)31-18(14)25-17(28)16-24-20-23-10(3)8-12(15(21)22)27(20)26-16/h9-10,12,15H,4-8H2,1-3H3,(H,25,28)(H,23,24,26)/t9?,10-,12-/m1/s1. The van der Waals surface area contributed by atoms with Crippen molar-refractivity contribution in [1.29, 1.82) is 0 Å². The van der Waals surface area contributed by atoms with Crippen LogP contribution >= 0.6 is 11.3 Å². The van der Waals surface area contributed by atoms with Crippen molar-refractivity contribution >= 4 is 34.2 Å². The highest BCUT2D eigenvalue weighted by Gasteiger charge is 2.35. The summed E-state index contributed by atoms with van der Waals surface area (Å²) >= 11 is 1.35. The van der Waals surface area contributed by atoms with E-state index >= 15 is 0 Å². The van der Waals surface area contributed by atoms with Gasteiger partial charge in [-0.2, -0.15) is 4.98 Å². The van der Waals surface area contributed by atoms with Gasteiger partial charge in [-0.05, 0) is 51.0 Å². The molecule has 1 unspecified atom stereocenters. The number of thiophene rings is 1. The van der Waals surface area contributed by atoms with Crippen LogP contribution < -0.4 is 10.6 Å². The van der Waals surface area contributed by atoms with E-state index in [4.69, 9.17) is 4.74 Å². The number of hydrogen-bond donors (Lipinski definition) is 2. The molecule has 3 heterocycles. The Morgan fingerprint density at radius 2 is 2.16 bits per heavy atom. The van der Waals surface area contributed by atoms with Crippen LogP contribution in [0.25, 0.3) is 0 Å². The maximum absolute atomic E-state index is 13.4. The Labute approximate surface area is 182 Å². The van der Waals surface area contributed by atoms with E-state index in [9.17, 15) is 18.4 Å². The predicted octanol–water partition coefficient (Wildman–Crippen LogP) is 3.90. The van der Waals surface area contributed by atoms with Gasteiger partial charge < -0.3 is 15.4 Å². The fourth-order valence-electron chi connectivity index (χ4n) is 4.12. The maximum Gasteiger partial charge on any atom is 0.341 e. The van der Waals surface area contributed by atoms with Crippen LogP contribution in [0.2, 0.25) is 0 Å².